The third-order valence-corrected chi connectivity index (χ3v) is 11.1. The van der Waals surface area contributed by atoms with E-state index >= 15 is 0 Å². The number of rotatable bonds is 9. The molecule has 1 atom stereocenters. The quantitative estimate of drug-likeness (QED) is 0.118. The van der Waals surface area contributed by atoms with Gasteiger partial charge >= 0.3 is 0 Å². The van der Waals surface area contributed by atoms with Crippen LogP contribution in [0.25, 0.3) is 6.08 Å². The van der Waals surface area contributed by atoms with Gasteiger partial charge in [-0.2, -0.15) is 5.26 Å². The number of carbonyl (C=O) groups is 3. The fraction of sp³-hybridized carbons (Fsp3) is 0.243. The maximum Gasteiger partial charge on any atom is 0.272 e. The van der Waals surface area contributed by atoms with E-state index in [9.17, 15) is 19.6 Å². The van der Waals surface area contributed by atoms with Crippen LogP contribution in [0.1, 0.15) is 59.1 Å². The molecule has 0 radical (unpaired) electrons. The van der Waals surface area contributed by atoms with E-state index in [1.165, 1.54) is 34.1 Å². The average molecular weight is 718 g/mol. The fourth-order valence-electron chi connectivity index (χ4n) is 5.43. The molecule has 3 aromatic carbocycles. The normalized spacial score (nSPS) is 14.4. The lowest BCUT2D eigenvalue weighted by Crippen LogP contribution is -2.30. The van der Waals surface area contributed by atoms with Crippen molar-refractivity contribution in [2.45, 2.75) is 44.9 Å². The van der Waals surface area contributed by atoms with Crippen LogP contribution in [-0.2, 0) is 22.4 Å². The van der Waals surface area contributed by atoms with Gasteiger partial charge in [0.2, 0.25) is 5.91 Å². The number of nitrogens with one attached hydrogen (secondary N) is 3. The number of halogens is 2. The highest BCUT2D eigenvalue weighted by Gasteiger charge is 2.32. The molecule has 0 bridgehead atoms. The van der Waals surface area contributed by atoms with Crippen molar-refractivity contribution in [2.24, 2.45) is 11.3 Å². The van der Waals surface area contributed by atoms with Gasteiger partial charge in [0.15, 0.2) is 0 Å². The van der Waals surface area contributed by atoms with Crippen LogP contribution in [0.5, 0.6) is 0 Å². The Morgan fingerprint density at radius 2 is 1.77 bits per heavy atom. The smallest absolute Gasteiger partial charge is 0.272 e. The number of benzene rings is 3. The van der Waals surface area contributed by atoms with E-state index in [-0.39, 0.29) is 27.8 Å². The van der Waals surface area contributed by atoms with Crippen LogP contribution in [0.3, 0.4) is 0 Å². The molecule has 1 heterocycles. The van der Waals surface area contributed by atoms with Crippen molar-refractivity contribution in [3.8, 4) is 6.07 Å². The third-order valence-electron chi connectivity index (χ3n) is 8.13. The van der Waals surface area contributed by atoms with Crippen molar-refractivity contribution in [3.05, 3.63) is 116 Å². The van der Waals surface area contributed by atoms with Crippen LogP contribution in [0.4, 0.5) is 10.7 Å². The largest absolute Gasteiger partial charge is 0.321 e. The van der Waals surface area contributed by atoms with E-state index < -0.39 is 11.8 Å². The van der Waals surface area contributed by atoms with Crippen molar-refractivity contribution in [1.82, 2.24) is 5.32 Å². The Balaban J connectivity index is 1.26. The number of carbonyl (C=O) groups excluding carboxylic acids is 3. The van der Waals surface area contributed by atoms with Crippen LogP contribution in [0.15, 0.2) is 83.4 Å². The SMILES string of the molecule is CC(C)(C)C1CCc2c(sc(NC(=O)CSc3cccc(NC(=O)/C(=C\c4cccc(Cl)c4Cl)NC(=O)c4ccccc4)c3)c2C#N)C1. The van der Waals surface area contributed by atoms with E-state index in [1.807, 2.05) is 6.07 Å². The Kier molecular flexibility index (Phi) is 11.3. The molecule has 3 N–H and O–H groups in total. The fourth-order valence-corrected chi connectivity index (χ4v) is 7.85. The van der Waals surface area contributed by atoms with E-state index in [2.05, 4.69) is 42.8 Å². The predicted octanol–water partition coefficient (Wildman–Crippen LogP) is 9.22. The maximum atomic E-state index is 13.5. The molecule has 0 fully saturated rings. The molecule has 7 nitrogen and oxygen atoms in total. The second-order valence-corrected chi connectivity index (χ2v) is 15.4. The molecular weight excluding hydrogens is 683 g/mol. The van der Waals surface area contributed by atoms with Gasteiger partial charge in [-0.05, 0) is 84.2 Å². The molecule has 1 aliphatic carbocycles. The average Bonchev–Trinajstić information content (AvgIpc) is 3.41. The zero-order valence-electron chi connectivity index (χ0n) is 26.7. The topological polar surface area (TPSA) is 111 Å². The first-order valence-electron chi connectivity index (χ1n) is 15.3. The predicted molar refractivity (Wildman–Crippen MR) is 197 cm³/mol. The Morgan fingerprint density at radius 3 is 2.50 bits per heavy atom. The second kappa shape index (κ2) is 15.4. The number of amides is 3. The number of hydrogen-bond acceptors (Lipinski definition) is 6. The van der Waals surface area contributed by atoms with Gasteiger partial charge in [-0.25, -0.2) is 0 Å². The summed E-state index contributed by atoms with van der Waals surface area (Å²) >= 11 is 15.4. The van der Waals surface area contributed by atoms with Crippen molar-refractivity contribution in [2.75, 3.05) is 16.4 Å². The molecule has 3 amide bonds. The van der Waals surface area contributed by atoms with Crippen molar-refractivity contribution < 1.29 is 14.4 Å². The van der Waals surface area contributed by atoms with Crippen LogP contribution in [0.2, 0.25) is 10.0 Å². The highest BCUT2D eigenvalue weighted by atomic mass is 35.5. The Hall–Kier alpha value is -4.07. The summed E-state index contributed by atoms with van der Waals surface area (Å²) in [6, 6.07) is 22.9. The second-order valence-electron chi connectivity index (χ2n) is 12.5. The first-order valence-corrected chi connectivity index (χ1v) is 17.9. The van der Waals surface area contributed by atoms with Crippen molar-refractivity contribution in [3.63, 3.8) is 0 Å². The molecule has 0 saturated heterocycles. The molecule has 11 heteroatoms. The van der Waals surface area contributed by atoms with Gasteiger partial charge in [0, 0.05) is 21.0 Å². The van der Waals surface area contributed by atoms with Gasteiger partial charge in [-0.1, -0.05) is 80.4 Å². The lowest BCUT2D eigenvalue weighted by Gasteiger charge is -2.33. The maximum absolute atomic E-state index is 13.5. The van der Waals surface area contributed by atoms with Crippen molar-refractivity contribution in [1.29, 1.82) is 5.26 Å². The van der Waals surface area contributed by atoms with E-state index in [0.29, 0.717) is 38.3 Å². The summed E-state index contributed by atoms with van der Waals surface area (Å²) < 4.78 is 0. The summed E-state index contributed by atoms with van der Waals surface area (Å²) in [6.07, 6.45) is 4.26. The number of nitriles is 1. The summed E-state index contributed by atoms with van der Waals surface area (Å²) in [4.78, 5) is 41.5. The Labute approximate surface area is 298 Å². The summed E-state index contributed by atoms with van der Waals surface area (Å²) in [5, 5.41) is 19.5. The van der Waals surface area contributed by atoms with E-state index in [4.69, 9.17) is 23.2 Å². The number of hydrogen-bond donors (Lipinski definition) is 3. The summed E-state index contributed by atoms with van der Waals surface area (Å²) in [6.45, 7) is 6.75. The van der Waals surface area contributed by atoms with E-state index in [1.54, 1.807) is 66.7 Å². The summed E-state index contributed by atoms with van der Waals surface area (Å²) in [5.41, 5.74) is 3.09. The highest BCUT2D eigenvalue weighted by Crippen LogP contribution is 2.44. The van der Waals surface area contributed by atoms with Crippen LogP contribution >= 0.6 is 46.3 Å². The molecule has 0 spiro atoms. The minimum absolute atomic E-state index is 0.0359. The first-order chi connectivity index (χ1) is 22.9. The number of nitrogens with zero attached hydrogens (tertiary/aromatic N) is 1. The lowest BCUT2D eigenvalue weighted by atomic mass is 9.72. The number of thiophene rings is 1. The first kappa shape index (κ1) is 35.2. The molecule has 1 aliphatic rings. The Morgan fingerprint density at radius 1 is 1.02 bits per heavy atom. The zero-order chi connectivity index (χ0) is 34.4. The van der Waals surface area contributed by atoms with Gasteiger partial charge in [-0.15, -0.1) is 23.1 Å². The molecule has 5 rings (SSSR count). The summed E-state index contributed by atoms with van der Waals surface area (Å²) in [7, 11) is 0. The minimum Gasteiger partial charge on any atom is -0.321 e. The Bertz CT molecular complexity index is 1930. The lowest BCUT2D eigenvalue weighted by molar-refractivity contribution is -0.114. The van der Waals surface area contributed by atoms with Gasteiger partial charge in [0.1, 0.15) is 16.8 Å². The molecule has 246 valence electrons. The van der Waals surface area contributed by atoms with Crippen LogP contribution < -0.4 is 16.0 Å². The molecular formula is C37H34Cl2N4O3S2. The van der Waals surface area contributed by atoms with Crippen molar-refractivity contribution >= 4 is 80.8 Å². The molecule has 1 aromatic heterocycles. The molecule has 0 saturated carbocycles. The van der Waals surface area contributed by atoms with Gasteiger partial charge in [0.25, 0.3) is 11.8 Å². The standard InChI is InChI=1S/C37H34Cl2N4O3S2/c1-37(2,3)24-15-16-27-28(20-40)36(48-31(27)18-24)43-32(44)21-47-26-13-8-12-25(19-26)41-35(46)30(17-23-11-7-14-29(38)33(23)39)42-34(45)22-9-5-4-6-10-22/h4-14,17,19,24H,15-16,18,21H2,1-3H3,(H,41,46)(H,42,45)(H,43,44)/b30-17+. The van der Waals surface area contributed by atoms with Crippen LogP contribution in [-0.4, -0.2) is 23.5 Å². The van der Waals surface area contributed by atoms with Gasteiger partial charge < -0.3 is 16.0 Å². The number of fused-ring (bicyclic) bond motifs is 1. The van der Waals surface area contributed by atoms with E-state index in [0.717, 1.165) is 29.7 Å². The van der Waals surface area contributed by atoms with Crippen LogP contribution in [0, 0.1) is 22.7 Å². The van der Waals surface area contributed by atoms with Gasteiger partial charge in [-0.3, -0.25) is 14.4 Å². The molecule has 1 unspecified atom stereocenters. The minimum atomic E-state index is -0.574. The zero-order valence-corrected chi connectivity index (χ0v) is 29.8. The monoisotopic (exact) mass is 716 g/mol. The molecule has 4 aromatic rings. The number of thioether (sulfide) groups is 1. The highest BCUT2D eigenvalue weighted by molar-refractivity contribution is 8.00. The molecule has 0 aliphatic heterocycles. The van der Waals surface area contributed by atoms with Gasteiger partial charge in [0.05, 0.1) is 21.4 Å². The summed E-state index contributed by atoms with van der Waals surface area (Å²) in [5.74, 6) is -0.617. The molecule has 48 heavy (non-hydrogen) atoms. The number of anilines is 2. The third kappa shape index (κ3) is 8.69.